The summed E-state index contributed by atoms with van der Waals surface area (Å²) in [4.78, 5) is 22.8. The fourth-order valence-electron chi connectivity index (χ4n) is 5.00. The van der Waals surface area contributed by atoms with Crippen LogP contribution in [-0.2, 0) is 4.79 Å². The van der Waals surface area contributed by atoms with E-state index in [2.05, 4.69) is 47.3 Å². The summed E-state index contributed by atoms with van der Waals surface area (Å²) in [6.07, 6.45) is 4.73. The summed E-state index contributed by atoms with van der Waals surface area (Å²) in [5.41, 5.74) is 0. The Morgan fingerprint density at radius 3 is 1.69 bits per heavy atom. The Balaban J connectivity index is 1.40. The number of amides is 1. The summed E-state index contributed by atoms with van der Waals surface area (Å²) in [7, 11) is 0. The average Bonchev–Trinajstić information content (AvgIpc) is 2.67. The first-order valence-corrected chi connectivity index (χ1v) is 11.0. The second kappa shape index (κ2) is 9.03. The Morgan fingerprint density at radius 1 is 0.692 bits per heavy atom. The molecule has 3 heterocycles. The Labute approximate surface area is 160 Å². The molecule has 3 aliphatic heterocycles. The van der Waals surface area contributed by atoms with Crippen LogP contribution in [0.5, 0.6) is 0 Å². The van der Waals surface area contributed by atoms with Crippen molar-refractivity contribution in [2.45, 2.75) is 71.5 Å². The van der Waals surface area contributed by atoms with Crippen molar-refractivity contribution in [1.82, 2.24) is 19.6 Å². The molecular formula is C21H40N4O. The van der Waals surface area contributed by atoms with Crippen molar-refractivity contribution < 1.29 is 4.79 Å². The molecule has 1 amide bonds. The van der Waals surface area contributed by atoms with Crippen LogP contribution in [0.2, 0.25) is 0 Å². The van der Waals surface area contributed by atoms with Gasteiger partial charge in [0.05, 0.1) is 0 Å². The van der Waals surface area contributed by atoms with Crippen LogP contribution in [0.15, 0.2) is 0 Å². The van der Waals surface area contributed by atoms with E-state index in [0.29, 0.717) is 18.0 Å². The largest absolute Gasteiger partial charge is 0.340 e. The maximum absolute atomic E-state index is 12.9. The molecular weight excluding hydrogens is 324 g/mol. The van der Waals surface area contributed by atoms with E-state index in [0.717, 1.165) is 58.2 Å². The highest BCUT2D eigenvalue weighted by atomic mass is 16.2. The van der Waals surface area contributed by atoms with E-state index >= 15 is 0 Å². The number of hydrogen-bond acceptors (Lipinski definition) is 4. The van der Waals surface area contributed by atoms with E-state index in [4.69, 9.17) is 0 Å². The number of hydrogen-bond donors (Lipinski definition) is 0. The van der Waals surface area contributed by atoms with Gasteiger partial charge in [-0.3, -0.25) is 9.69 Å². The molecule has 0 radical (unpaired) electrons. The van der Waals surface area contributed by atoms with Crippen LogP contribution in [-0.4, -0.2) is 96.0 Å². The third-order valence-electron chi connectivity index (χ3n) is 6.98. The standard InChI is InChI=1S/C21H40N4O/c1-17(2)22-11-7-20(8-12-22)24-9-5-19(6-10-24)21(26)25-15-13-23(14-16-25)18(3)4/h17-20H,5-16H2,1-4H3. The summed E-state index contributed by atoms with van der Waals surface area (Å²) in [6.45, 7) is 17.7. The molecule has 0 bridgehead atoms. The van der Waals surface area contributed by atoms with Crippen molar-refractivity contribution in [1.29, 1.82) is 0 Å². The van der Waals surface area contributed by atoms with Gasteiger partial charge in [-0.2, -0.15) is 0 Å². The Kier molecular flexibility index (Phi) is 6.98. The summed E-state index contributed by atoms with van der Waals surface area (Å²) in [5, 5.41) is 0. The van der Waals surface area contributed by atoms with E-state index in [1.165, 1.54) is 25.9 Å². The van der Waals surface area contributed by atoms with E-state index in [9.17, 15) is 4.79 Å². The molecule has 3 aliphatic rings. The quantitative estimate of drug-likeness (QED) is 0.764. The minimum absolute atomic E-state index is 0.271. The molecule has 0 spiro atoms. The number of nitrogens with zero attached hydrogens (tertiary/aromatic N) is 4. The number of piperidine rings is 2. The normalized spacial score (nSPS) is 26.2. The molecule has 3 rings (SSSR count). The second-order valence-electron chi connectivity index (χ2n) is 9.13. The Bertz CT molecular complexity index is 443. The highest BCUT2D eigenvalue weighted by Crippen LogP contribution is 2.26. The van der Waals surface area contributed by atoms with E-state index in [1.807, 2.05) is 0 Å². The van der Waals surface area contributed by atoms with Crippen molar-refractivity contribution in [2.24, 2.45) is 5.92 Å². The fourth-order valence-corrected chi connectivity index (χ4v) is 5.00. The second-order valence-corrected chi connectivity index (χ2v) is 9.13. The molecule has 150 valence electrons. The van der Waals surface area contributed by atoms with Gasteiger partial charge in [0.25, 0.3) is 0 Å². The molecule has 5 heteroatoms. The average molecular weight is 365 g/mol. The lowest BCUT2D eigenvalue weighted by Gasteiger charge is -2.43. The molecule has 0 aromatic carbocycles. The van der Waals surface area contributed by atoms with Gasteiger partial charge in [0, 0.05) is 50.2 Å². The maximum atomic E-state index is 12.9. The van der Waals surface area contributed by atoms with Crippen LogP contribution in [0, 0.1) is 5.92 Å². The van der Waals surface area contributed by atoms with Gasteiger partial charge in [0.2, 0.25) is 5.91 Å². The van der Waals surface area contributed by atoms with Crippen LogP contribution in [0.4, 0.5) is 0 Å². The molecule has 0 atom stereocenters. The van der Waals surface area contributed by atoms with Gasteiger partial charge in [-0.1, -0.05) is 0 Å². The minimum Gasteiger partial charge on any atom is -0.340 e. The van der Waals surface area contributed by atoms with Crippen LogP contribution in [0.1, 0.15) is 53.4 Å². The summed E-state index contributed by atoms with van der Waals surface area (Å²) < 4.78 is 0. The number of rotatable bonds is 4. The zero-order valence-electron chi connectivity index (χ0n) is 17.5. The van der Waals surface area contributed by atoms with Crippen LogP contribution in [0.25, 0.3) is 0 Å². The smallest absolute Gasteiger partial charge is 0.225 e. The monoisotopic (exact) mass is 364 g/mol. The Hall–Kier alpha value is -0.650. The first-order chi connectivity index (χ1) is 12.5. The van der Waals surface area contributed by atoms with Crippen LogP contribution < -0.4 is 0 Å². The number of likely N-dealkylation sites (tertiary alicyclic amines) is 2. The molecule has 0 aliphatic carbocycles. The number of carbonyl (C=O) groups is 1. The predicted octanol–water partition coefficient (Wildman–Crippen LogP) is 2.12. The lowest BCUT2D eigenvalue weighted by molar-refractivity contribution is -0.139. The molecule has 0 N–H and O–H groups in total. The molecule has 0 aromatic rings. The SMILES string of the molecule is CC(C)N1CCC(N2CCC(C(=O)N3CCN(C(C)C)CC3)CC2)CC1. The first kappa shape index (κ1) is 20.1. The van der Waals surface area contributed by atoms with Gasteiger partial charge in [0.1, 0.15) is 0 Å². The van der Waals surface area contributed by atoms with Crippen molar-refractivity contribution in [3.8, 4) is 0 Å². The molecule has 0 aromatic heterocycles. The third kappa shape index (κ3) is 4.79. The van der Waals surface area contributed by atoms with Crippen LogP contribution in [0.3, 0.4) is 0 Å². The number of piperazine rings is 1. The van der Waals surface area contributed by atoms with Gasteiger partial charge >= 0.3 is 0 Å². The van der Waals surface area contributed by atoms with E-state index in [-0.39, 0.29) is 5.92 Å². The van der Waals surface area contributed by atoms with Gasteiger partial charge in [-0.25, -0.2) is 0 Å². The molecule has 0 unspecified atom stereocenters. The zero-order valence-corrected chi connectivity index (χ0v) is 17.5. The lowest BCUT2D eigenvalue weighted by Crippen LogP contribution is -2.54. The lowest BCUT2D eigenvalue weighted by atomic mass is 9.92. The topological polar surface area (TPSA) is 30.0 Å². The van der Waals surface area contributed by atoms with Crippen molar-refractivity contribution in [2.75, 3.05) is 52.4 Å². The first-order valence-electron chi connectivity index (χ1n) is 11.0. The fraction of sp³-hybridized carbons (Fsp3) is 0.952. The van der Waals surface area contributed by atoms with Gasteiger partial charge in [-0.05, 0) is 79.6 Å². The third-order valence-corrected chi connectivity index (χ3v) is 6.98. The van der Waals surface area contributed by atoms with E-state index < -0.39 is 0 Å². The summed E-state index contributed by atoms with van der Waals surface area (Å²) in [6, 6.07) is 2.02. The zero-order chi connectivity index (χ0) is 18.7. The molecule has 5 nitrogen and oxygen atoms in total. The van der Waals surface area contributed by atoms with Gasteiger partial charge < -0.3 is 14.7 Å². The van der Waals surface area contributed by atoms with Crippen molar-refractivity contribution in [3.63, 3.8) is 0 Å². The minimum atomic E-state index is 0.271. The maximum Gasteiger partial charge on any atom is 0.225 e. The van der Waals surface area contributed by atoms with Gasteiger partial charge in [0.15, 0.2) is 0 Å². The summed E-state index contributed by atoms with van der Waals surface area (Å²) in [5.74, 6) is 0.704. The molecule has 3 saturated heterocycles. The number of carbonyl (C=O) groups excluding carboxylic acids is 1. The highest BCUT2D eigenvalue weighted by Gasteiger charge is 2.33. The van der Waals surface area contributed by atoms with Gasteiger partial charge in [-0.15, -0.1) is 0 Å². The van der Waals surface area contributed by atoms with Crippen molar-refractivity contribution in [3.05, 3.63) is 0 Å². The van der Waals surface area contributed by atoms with Crippen LogP contribution >= 0.6 is 0 Å². The highest BCUT2D eigenvalue weighted by molar-refractivity contribution is 5.79. The van der Waals surface area contributed by atoms with Crippen molar-refractivity contribution >= 4 is 5.91 Å². The molecule has 0 saturated carbocycles. The van der Waals surface area contributed by atoms with E-state index in [1.54, 1.807) is 0 Å². The molecule has 3 fully saturated rings. The predicted molar refractivity (Wildman–Crippen MR) is 107 cm³/mol. The summed E-state index contributed by atoms with van der Waals surface area (Å²) >= 11 is 0. The molecule has 26 heavy (non-hydrogen) atoms. The Morgan fingerprint density at radius 2 is 1.19 bits per heavy atom.